The number of hydrogen-bond donors (Lipinski definition) is 2. The van der Waals surface area contributed by atoms with Crippen LogP contribution in [0.25, 0.3) is 10.9 Å². The molecule has 1 fully saturated rings. The lowest BCUT2D eigenvalue weighted by Gasteiger charge is -2.38. The van der Waals surface area contributed by atoms with Gasteiger partial charge in [0.25, 0.3) is 0 Å². The third kappa shape index (κ3) is 1.72. The Labute approximate surface area is 102 Å². The number of aromatic nitrogens is 1. The largest absolute Gasteiger partial charge is 0.470 e. The third-order valence-electron chi connectivity index (χ3n) is 2.91. The lowest BCUT2D eigenvalue weighted by Crippen LogP contribution is -2.61. The molecular formula is C12H13BrN2O. The van der Waals surface area contributed by atoms with E-state index >= 15 is 0 Å². The molecule has 84 valence electrons. The maximum absolute atomic E-state index is 5.93. The van der Waals surface area contributed by atoms with Crippen molar-refractivity contribution >= 4 is 26.8 Å². The highest BCUT2D eigenvalue weighted by molar-refractivity contribution is 9.10. The summed E-state index contributed by atoms with van der Waals surface area (Å²) in [4.78, 5) is 3.28. The smallest absolute Gasteiger partial charge is 0.192 e. The zero-order valence-corrected chi connectivity index (χ0v) is 10.6. The van der Waals surface area contributed by atoms with Gasteiger partial charge in [0.1, 0.15) is 5.60 Å². The second-order valence-electron chi connectivity index (χ2n) is 4.52. The standard InChI is InChI=1S/C12H13BrN2O/c1-12(6-14-7-12)16-11-5-8-4-9(13)2-3-10(8)15-11/h2-5,14-15H,6-7H2,1H3. The van der Waals surface area contributed by atoms with Gasteiger partial charge in [0.05, 0.1) is 0 Å². The second-order valence-corrected chi connectivity index (χ2v) is 5.44. The van der Waals surface area contributed by atoms with E-state index in [2.05, 4.69) is 39.2 Å². The number of nitrogens with one attached hydrogen (secondary N) is 2. The van der Waals surface area contributed by atoms with Crippen molar-refractivity contribution in [1.82, 2.24) is 10.3 Å². The van der Waals surface area contributed by atoms with Crippen LogP contribution in [0, 0.1) is 0 Å². The second kappa shape index (κ2) is 3.50. The average Bonchev–Trinajstić information content (AvgIpc) is 2.56. The minimum absolute atomic E-state index is 0.0574. The third-order valence-corrected chi connectivity index (χ3v) is 3.41. The number of aromatic amines is 1. The zero-order chi connectivity index (χ0) is 11.2. The molecule has 2 aromatic rings. The number of H-pyrrole nitrogens is 1. The number of ether oxygens (including phenoxy) is 1. The van der Waals surface area contributed by atoms with Gasteiger partial charge in [0.2, 0.25) is 0 Å². The van der Waals surface area contributed by atoms with Crippen molar-refractivity contribution < 1.29 is 4.74 Å². The zero-order valence-electron chi connectivity index (χ0n) is 9.01. The molecule has 2 N–H and O–H groups in total. The van der Waals surface area contributed by atoms with E-state index in [-0.39, 0.29) is 5.60 Å². The fourth-order valence-corrected chi connectivity index (χ4v) is 2.33. The first-order valence-corrected chi connectivity index (χ1v) is 6.12. The Morgan fingerprint density at radius 3 is 2.81 bits per heavy atom. The number of fused-ring (bicyclic) bond motifs is 1. The molecule has 0 amide bonds. The Hall–Kier alpha value is -1.00. The summed E-state index contributed by atoms with van der Waals surface area (Å²) in [5.41, 5.74) is 1.05. The van der Waals surface area contributed by atoms with E-state index in [0.29, 0.717) is 0 Å². The molecule has 1 aliphatic rings. The highest BCUT2D eigenvalue weighted by Gasteiger charge is 2.34. The van der Waals surface area contributed by atoms with E-state index in [9.17, 15) is 0 Å². The lowest BCUT2D eigenvalue weighted by atomic mass is 10.0. The molecule has 1 aromatic carbocycles. The topological polar surface area (TPSA) is 37.0 Å². The molecule has 0 saturated carbocycles. The summed E-state index contributed by atoms with van der Waals surface area (Å²) in [5, 5.41) is 4.39. The highest BCUT2D eigenvalue weighted by atomic mass is 79.9. The Balaban J connectivity index is 1.93. The van der Waals surface area contributed by atoms with Gasteiger partial charge in [-0.25, -0.2) is 0 Å². The van der Waals surface area contributed by atoms with Crippen molar-refractivity contribution in [2.24, 2.45) is 0 Å². The van der Waals surface area contributed by atoms with Crippen molar-refractivity contribution in [3.8, 4) is 5.88 Å². The predicted molar refractivity (Wildman–Crippen MR) is 67.9 cm³/mol. The van der Waals surface area contributed by atoms with E-state index in [1.165, 1.54) is 5.39 Å². The quantitative estimate of drug-likeness (QED) is 0.888. The number of benzene rings is 1. The molecule has 0 atom stereocenters. The molecule has 1 aromatic heterocycles. The maximum atomic E-state index is 5.93. The summed E-state index contributed by atoms with van der Waals surface area (Å²) in [5.74, 6) is 0.845. The Morgan fingerprint density at radius 1 is 1.31 bits per heavy atom. The van der Waals surface area contributed by atoms with Crippen LogP contribution < -0.4 is 10.1 Å². The van der Waals surface area contributed by atoms with Crippen LogP contribution in [0.15, 0.2) is 28.7 Å². The number of rotatable bonds is 2. The van der Waals surface area contributed by atoms with Crippen LogP contribution in [0.2, 0.25) is 0 Å². The van der Waals surface area contributed by atoms with E-state index in [1.807, 2.05) is 18.2 Å². The van der Waals surface area contributed by atoms with Gasteiger partial charge in [0, 0.05) is 34.5 Å². The van der Waals surface area contributed by atoms with Crippen molar-refractivity contribution in [2.75, 3.05) is 13.1 Å². The van der Waals surface area contributed by atoms with Gasteiger partial charge in [0.15, 0.2) is 5.88 Å². The van der Waals surface area contributed by atoms with Crippen LogP contribution in [0.4, 0.5) is 0 Å². The number of hydrogen-bond acceptors (Lipinski definition) is 2. The normalized spacial score (nSPS) is 18.4. The molecular weight excluding hydrogens is 268 g/mol. The van der Waals surface area contributed by atoms with Gasteiger partial charge in [-0.15, -0.1) is 0 Å². The van der Waals surface area contributed by atoms with Gasteiger partial charge in [-0.1, -0.05) is 15.9 Å². The maximum Gasteiger partial charge on any atom is 0.192 e. The van der Waals surface area contributed by atoms with Gasteiger partial charge < -0.3 is 15.0 Å². The summed E-state index contributed by atoms with van der Waals surface area (Å²) < 4.78 is 7.01. The SMILES string of the molecule is CC1(Oc2cc3cc(Br)ccc3[nH]2)CNC1. The van der Waals surface area contributed by atoms with Crippen LogP contribution in [-0.2, 0) is 0 Å². The summed E-state index contributed by atoms with van der Waals surface area (Å²) in [7, 11) is 0. The Morgan fingerprint density at radius 2 is 2.12 bits per heavy atom. The van der Waals surface area contributed by atoms with Crippen LogP contribution in [-0.4, -0.2) is 23.7 Å². The molecule has 16 heavy (non-hydrogen) atoms. The lowest BCUT2D eigenvalue weighted by molar-refractivity contribution is 0.0312. The minimum Gasteiger partial charge on any atom is -0.470 e. The van der Waals surface area contributed by atoms with E-state index < -0.39 is 0 Å². The fourth-order valence-electron chi connectivity index (χ4n) is 1.95. The van der Waals surface area contributed by atoms with E-state index in [1.54, 1.807) is 0 Å². The summed E-state index contributed by atoms with van der Waals surface area (Å²) >= 11 is 3.46. The van der Waals surface area contributed by atoms with Gasteiger partial charge >= 0.3 is 0 Å². The molecule has 0 radical (unpaired) electrons. The molecule has 4 heteroatoms. The first kappa shape index (κ1) is 10.2. The minimum atomic E-state index is -0.0574. The van der Waals surface area contributed by atoms with Crippen LogP contribution in [0.5, 0.6) is 5.88 Å². The Kier molecular flexibility index (Phi) is 2.23. The summed E-state index contributed by atoms with van der Waals surface area (Å²) in [6, 6.07) is 8.20. The van der Waals surface area contributed by atoms with Gasteiger partial charge in [-0.2, -0.15) is 0 Å². The predicted octanol–water partition coefficient (Wildman–Crippen LogP) is 2.67. The molecule has 0 spiro atoms. The molecule has 3 nitrogen and oxygen atoms in total. The van der Waals surface area contributed by atoms with Crippen molar-refractivity contribution in [1.29, 1.82) is 0 Å². The molecule has 1 aliphatic heterocycles. The van der Waals surface area contributed by atoms with Crippen LogP contribution >= 0.6 is 15.9 Å². The summed E-state index contributed by atoms with van der Waals surface area (Å²) in [6.45, 7) is 3.93. The Bertz CT molecular complexity index is 531. The monoisotopic (exact) mass is 280 g/mol. The summed E-state index contributed by atoms with van der Waals surface area (Å²) in [6.07, 6.45) is 0. The van der Waals surface area contributed by atoms with Crippen LogP contribution in [0.3, 0.4) is 0 Å². The average molecular weight is 281 g/mol. The molecule has 1 saturated heterocycles. The first-order chi connectivity index (χ1) is 7.65. The number of halogens is 1. The van der Waals surface area contributed by atoms with Crippen molar-refractivity contribution in [2.45, 2.75) is 12.5 Å². The molecule has 2 heterocycles. The first-order valence-electron chi connectivity index (χ1n) is 5.33. The molecule has 0 bridgehead atoms. The molecule has 0 aliphatic carbocycles. The van der Waals surface area contributed by atoms with Crippen molar-refractivity contribution in [3.63, 3.8) is 0 Å². The van der Waals surface area contributed by atoms with Gasteiger partial charge in [-0.3, -0.25) is 0 Å². The van der Waals surface area contributed by atoms with E-state index in [4.69, 9.17) is 4.74 Å². The molecule has 3 rings (SSSR count). The van der Waals surface area contributed by atoms with Crippen LogP contribution in [0.1, 0.15) is 6.92 Å². The fraction of sp³-hybridized carbons (Fsp3) is 0.333. The van der Waals surface area contributed by atoms with Gasteiger partial charge in [-0.05, 0) is 25.1 Å². The highest BCUT2D eigenvalue weighted by Crippen LogP contribution is 2.27. The van der Waals surface area contributed by atoms with E-state index in [0.717, 1.165) is 29.0 Å². The molecule has 0 unspecified atom stereocenters. The van der Waals surface area contributed by atoms with Crippen molar-refractivity contribution in [3.05, 3.63) is 28.7 Å².